The van der Waals surface area contributed by atoms with Gasteiger partial charge in [-0.05, 0) is 24.1 Å². The van der Waals surface area contributed by atoms with Crippen molar-refractivity contribution in [3.05, 3.63) is 34.9 Å². The molecule has 1 atom stereocenters. The molecule has 2 rings (SSSR count). The van der Waals surface area contributed by atoms with Crippen LogP contribution in [0, 0.1) is 0 Å². The Kier molecular flexibility index (Phi) is 3.23. The van der Waals surface area contributed by atoms with E-state index in [0.717, 1.165) is 11.4 Å². The average Bonchev–Trinajstić information content (AvgIpc) is 2.65. The SMILES string of the molecule is NCC1=NC(Cc2cccc(Cl)c2)CO1. The summed E-state index contributed by atoms with van der Waals surface area (Å²) < 4.78 is 5.31. The Labute approximate surface area is 93.9 Å². The molecular formula is C11H13ClN2O. The standard InChI is InChI=1S/C11H13ClN2O/c12-9-3-1-2-8(4-9)5-10-7-15-11(6-13)14-10/h1-4,10H,5-7,13H2. The third-order valence-corrected chi connectivity index (χ3v) is 2.54. The molecule has 0 spiro atoms. The second-order valence-corrected chi connectivity index (χ2v) is 3.96. The summed E-state index contributed by atoms with van der Waals surface area (Å²) in [6.07, 6.45) is 0.851. The largest absolute Gasteiger partial charge is 0.478 e. The van der Waals surface area contributed by atoms with Crippen LogP contribution in [0.25, 0.3) is 0 Å². The van der Waals surface area contributed by atoms with Gasteiger partial charge in [0.1, 0.15) is 6.61 Å². The maximum atomic E-state index is 5.90. The average molecular weight is 225 g/mol. The van der Waals surface area contributed by atoms with Crippen LogP contribution in [0.3, 0.4) is 0 Å². The number of ether oxygens (including phenoxy) is 1. The predicted molar refractivity (Wildman–Crippen MR) is 61.4 cm³/mol. The molecule has 1 aromatic carbocycles. The number of benzene rings is 1. The molecule has 1 aromatic rings. The van der Waals surface area contributed by atoms with Crippen molar-refractivity contribution < 1.29 is 4.74 Å². The summed E-state index contributed by atoms with van der Waals surface area (Å²) in [7, 11) is 0. The first-order valence-electron chi connectivity index (χ1n) is 4.92. The molecule has 1 heterocycles. The molecule has 0 bridgehead atoms. The first kappa shape index (κ1) is 10.5. The number of hydrogen-bond donors (Lipinski definition) is 1. The molecule has 15 heavy (non-hydrogen) atoms. The summed E-state index contributed by atoms with van der Waals surface area (Å²) in [4.78, 5) is 4.36. The number of nitrogens with two attached hydrogens (primary N) is 1. The van der Waals surface area contributed by atoms with Gasteiger partial charge < -0.3 is 10.5 Å². The first-order chi connectivity index (χ1) is 7.28. The van der Waals surface area contributed by atoms with Crippen molar-refractivity contribution in [3.8, 4) is 0 Å². The Balaban J connectivity index is 2.01. The van der Waals surface area contributed by atoms with E-state index in [1.807, 2.05) is 24.3 Å². The predicted octanol–water partition coefficient (Wildman–Crippen LogP) is 1.64. The van der Waals surface area contributed by atoms with Crippen molar-refractivity contribution in [2.45, 2.75) is 12.5 Å². The molecule has 0 amide bonds. The monoisotopic (exact) mass is 224 g/mol. The zero-order valence-corrected chi connectivity index (χ0v) is 9.07. The van der Waals surface area contributed by atoms with Gasteiger partial charge in [-0.25, -0.2) is 4.99 Å². The van der Waals surface area contributed by atoms with Gasteiger partial charge in [0.15, 0.2) is 5.90 Å². The minimum atomic E-state index is 0.182. The Morgan fingerprint density at radius 1 is 1.53 bits per heavy atom. The molecule has 80 valence electrons. The quantitative estimate of drug-likeness (QED) is 0.849. The van der Waals surface area contributed by atoms with Crippen LogP contribution in [0.15, 0.2) is 29.3 Å². The van der Waals surface area contributed by atoms with E-state index in [1.165, 1.54) is 5.56 Å². The van der Waals surface area contributed by atoms with Gasteiger partial charge in [0.25, 0.3) is 0 Å². The van der Waals surface area contributed by atoms with E-state index in [2.05, 4.69) is 4.99 Å². The van der Waals surface area contributed by atoms with Gasteiger partial charge in [-0.15, -0.1) is 0 Å². The lowest BCUT2D eigenvalue weighted by atomic mass is 10.1. The van der Waals surface area contributed by atoms with Crippen LogP contribution < -0.4 is 5.73 Å². The molecule has 0 saturated heterocycles. The Bertz CT molecular complexity index is 379. The summed E-state index contributed by atoms with van der Waals surface area (Å²) >= 11 is 5.90. The van der Waals surface area contributed by atoms with E-state index >= 15 is 0 Å². The first-order valence-corrected chi connectivity index (χ1v) is 5.29. The Morgan fingerprint density at radius 2 is 2.40 bits per heavy atom. The summed E-state index contributed by atoms with van der Waals surface area (Å²) in [6, 6.07) is 7.99. The number of hydrogen-bond acceptors (Lipinski definition) is 3. The molecule has 2 N–H and O–H groups in total. The fourth-order valence-corrected chi connectivity index (χ4v) is 1.84. The third-order valence-electron chi connectivity index (χ3n) is 2.30. The number of rotatable bonds is 3. The van der Waals surface area contributed by atoms with E-state index in [0.29, 0.717) is 19.0 Å². The van der Waals surface area contributed by atoms with Gasteiger partial charge in [-0.2, -0.15) is 0 Å². The minimum Gasteiger partial charge on any atom is -0.478 e. The lowest BCUT2D eigenvalue weighted by molar-refractivity contribution is 0.312. The number of aliphatic imine (C=N–C) groups is 1. The van der Waals surface area contributed by atoms with Crippen molar-refractivity contribution in [1.82, 2.24) is 0 Å². The van der Waals surface area contributed by atoms with Gasteiger partial charge in [-0.1, -0.05) is 23.7 Å². The second-order valence-electron chi connectivity index (χ2n) is 3.53. The van der Waals surface area contributed by atoms with Gasteiger partial charge in [0, 0.05) is 5.02 Å². The van der Waals surface area contributed by atoms with E-state index in [-0.39, 0.29) is 6.04 Å². The van der Waals surface area contributed by atoms with Crippen molar-refractivity contribution >= 4 is 17.5 Å². The molecule has 0 aliphatic carbocycles. The van der Waals surface area contributed by atoms with E-state index in [1.54, 1.807) is 0 Å². The van der Waals surface area contributed by atoms with E-state index < -0.39 is 0 Å². The highest BCUT2D eigenvalue weighted by Crippen LogP contribution is 2.15. The fourth-order valence-electron chi connectivity index (χ4n) is 1.62. The molecule has 1 aliphatic heterocycles. The van der Waals surface area contributed by atoms with Gasteiger partial charge in [0.2, 0.25) is 0 Å². The third kappa shape index (κ3) is 2.70. The highest BCUT2D eigenvalue weighted by molar-refractivity contribution is 6.30. The van der Waals surface area contributed by atoms with Crippen LogP contribution in [0.4, 0.5) is 0 Å². The van der Waals surface area contributed by atoms with Crippen molar-refractivity contribution in [2.24, 2.45) is 10.7 Å². The molecule has 0 saturated carbocycles. The Hall–Kier alpha value is -1.06. The van der Waals surface area contributed by atoms with Crippen LogP contribution in [-0.4, -0.2) is 25.1 Å². The van der Waals surface area contributed by atoms with E-state index in [9.17, 15) is 0 Å². The van der Waals surface area contributed by atoms with Crippen LogP contribution in [-0.2, 0) is 11.2 Å². The van der Waals surface area contributed by atoms with E-state index in [4.69, 9.17) is 22.1 Å². The second kappa shape index (κ2) is 4.64. The summed E-state index contributed by atoms with van der Waals surface area (Å²) in [5.74, 6) is 0.655. The van der Waals surface area contributed by atoms with Crippen LogP contribution in [0.5, 0.6) is 0 Å². The maximum Gasteiger partial charge on any atom is 0.197 e. The molecular weight excluding hydrogens is 212 g/mol. The molecule has 1 aliphatic rings. The number of nitrogens with zero attached hydrogens (tertiary/aromatic N) is 1. The fraction of sp³-hybridized carbons (Fsp3) is 0.364. The van der Waals surface area contributed by atoms with Crippen LogP contribution in [0.1, 0.15) is 5.56 Å². The molecule has 1 unspecified atom stereocenters. The van der Waals surface area contributed by atoms with Gasteiger partial charge in [-0.3, -0.25) is 0 Å². The summed E-state index contributed by atoms with van der Waals surface area (Å²) in [5.41, 5.74) is 6.62. The highest BCUT2D eigenvalue weighted by atomic mass is 35.5. The summed E-state index contributed by atoms with van der Waals surface area (Å²) in [5, 5.41) is 0.759. The van der Waals surface area contributed by atoms with Crippen LogP contribution >= 0.6 is 11.6 Å². The molecule has 3 nitrogen and oxygen atoms in total. The zero-order valence-electron chi connectivity index (χ0n) is 8.32. The number of halogens is 1. The molecule has 4 heteroatoms. The lowest BCUT2D eigenvalue weighted by Crippen LogP contribution is -2.13. The Morgan fingerprint density at radius 3 is 3.07 bits per heavy atom. The summed E-state index contributed by atoms with van der Waals surface area (Å²) in [6.45, 7) is 1.01. The van der Waals surface area contributed by atoms with Gasteiger partial charge >= 0.3 is 0 Å². The maximum absolute atomic E-state index is 5.90. The van der Waals surface area contributed by atoms with Crippen LogP contribution in [0.2, 0.25) is 5.02 Å². The zero-order chi connectivity index (χ0) is 10.7. The van der Waals surface area contributed by atoms with Crippen molar-refractivity contribution in [2.75, 3.05) is 13.2 Å². The highest BCUT2D eigenvalue weighted by Gasteiger charge is 2.17. The molecule has 0 fully saturated rings. The van der Waals surface area contributed by atoms with Crippen molar-refractivity contribution in [3.63, 3.8) is 0 Å². The van der Waals surface area contributed by atoms with Crippen molar-refractivity contribution in [1.29, 1.82) is 0 Å². The minimum absolute atomic E-state index is 0.182. The smallest absolute Gasteiger partial charge is 0.197 e. The normalized spacial score (nSPS) is 19.9. The topological polar surface area (TPSA) is 47.6 Å². The van der Waals surface area contributed by atoms with Gasteiger partial charge in [0.05, 0.1) is 12.6 Å². The molecule has 0 radical (unpaired) electrons. The lowest BCUT2D eigenvalue weighted by Gasteiger charge is -2.05. The molecule has 0 aromatic heterocycles.